The van der Waals surface area contributed by atoms with Crippen LogP contribution in [-0.4, -0.2) is 63.7 Å². The van der Waals surface area contributed by atoms with Crippen LogP contribution in [-0.2, 0) is 32.6 Å². The van der Waals surface area contributed by atoms with E-state index in [9.17, 15) is 18.0 Å². The molecule has 1 N–H and O–H groups in total. The molecule has 4 rings (SSSR count). The Balaban J connectivity index is 1.70. The fourth-order valence-electron chi connectivity index (χ4n) is 4.50. The Hall–Kier alpha value is -4.05. The molecule has 1 aliphatic rings. The van der Waals surface area contributed by atoms with E-state index in [1.807, 2.05) is 67.6 Å². The lowest BCUT2D eigenvalue weighted by molar-refractivity contribution is -0.140. The van der Waals surface area contributed by atoms with Crippen LogP contribution in [0.5, 0.6) is 11.5 Å². The van der Waals surface area contributed by atoms with Gasteiger partial charge in [0.05, 0.1) is 11.9 Å². The summed E-state index contributed by atoms with van der Waals surface area (Å²) < 4.78 is 38.2. The van der Waals surface area contributed by atoms with Gasteiger partial charge in [-0.05, 0) is 29.7 Å². The summed E-state index contributed by atoms with van der Waals surface area (Å²) in [6, 6.07) is 22.7. The largest absolute Gasteiger partial charge is 0.486 e. The number of nitrogens with one attached hydrogen (secondary N) is 1. The minimum Gasteiger partial charge on any atom is -0.486 e. The normalized spacial score (nSPS) is 13.2. The van der Waals surface area contributed by atoms with Gasteiger partial charge >= 0.3 is 0 Å². The quantitative estimate of drug-likeness (QED) is 0.361. The van der Waals surface area contributed by atoms with Gasteiger partial charge in [-0.3, -0.25) is 13.9 Å². The van der Waals surface area contributed by atoms with Gasteiger partial charge in [-0.2, -0.15) is 0 Å². The van der Waals surface area contributed by atoms with Gasteiger partial charge in [0.25, 0.3) is 0 Å². The number of sulfonamides is 1. The van der Waals surface area contributed by atoms with Crippen molar-refractivity contribution in [3.8, 4) is 11.5 Å². The molecule has 10 heteroatoms. The Morgan fingerprint density at radius 1 is 0.900 bits per heavy atom. The van der Waals surface area contributed by atoms with Gasteiger partial charge in [-0.15, -0.1) is 0 Å². The number of ether oxygens (including phenoxy) is 2. The lowest BCUT2D eigenvalue weighted by Gasteiger charge is -2.33. The number of carbonyl (C=O) groups is 2. The van der Waals surface area contributed by atoms with Crippen molar-refractivity contribution in [1.29, 1.82) is 0 Å². The number of fused-ring (bicyclic) bond motifs is 1. The number of benzene rings is 3. The zero-order valence-electron chi connectivity index (χ0n) is 22.8. The van der Waals surface area contributed by atoms with Gasteiger partial charge in [0.2, 0.25) is 21.8 Å². The maximum absolute atomic E-state index is 14.1. The van der Waals surface area contributed by atoms with Crippen molar-refractivity contribution < 1.29 is 27.5 Å². The van der Waals surface area contributed by atoms with E-state index in [-0.39, 0.29) is 24.6 Å². The Labute approximate surface area is 235 Å². The van der Waals surface area contributed by atoms with Crippen LogP contribution < -0.4 is 19.1 Å². The predicted molar refractivity (Wildman–Crippen MR) is 154 cm³/mol. The molecule has 0 radical (unpaired) electrons. The molecule has 0 spiro atoms. The number of rotatable bonds is 12. The zero-order chi connectivity index (χ0) is 28.5. The van der Waals surface area contributed by atoms with Crippen LogP contribution in [0.3, 0.4) is 0 Å². The molecule has 0 saturated carbocycles. The smallest absolute Gasteiger partial charge is 0.244 e. The van der Waals surface area contributed by atoms with Crippen molar-refractivity contribution in [2.75, 3.05) is 36.9 Å². The van der Waals surface area contributed by atoms with Crippen LogP contribution in [0.1, 0.15) is 24.5 Å². The summed E-state index contributed by atoms with van der Waals surface area (Å²) in [5, 5.41) is 2.93. The van der Waals surface area contributed by atoms with Crippen LogP contribution in [0.15, 0.2) is 78.9 Å². The second-order valence-electron chi connectivity index (χ2n) is 9.60. The van der Waals surface area contributed by atoms with Crippen LogP contribution in [0.4, 0.5) is 5.69 Å². The third-order valence-corrected chi connectivity index (χ3v) is 7.65. The van der Waals surface area contributed by atoms with Crippen molar-refractivity contribution in [2.24, 2.45) is 0 Å². The molecule has 0 unspecified atom stereocenters. The molecule has 212 valence electrons. The van der Waals surface area contributed by atoms with Crippen molar-refractivity contribution in [3.05, 3.63) is 90.0 Å². The van der Waals surface area contributed by atoms with Crippen LogP contribution in [0, 0.1) is 0 Å². The van der Waals surface area contributed by atoms with E-state index >= 15 is 0 Å². The molecule has 0 saturated heterocycles. The van der Waals surface area contributed by atoms with Crippen LogP contribution in [0.2, 0.25) is 0 Å². The molecular formula is C30H35N3O6S. The number of nitrogens with zero attached hydrogens (tertiary/aromatic N) is 2. The first kappa shape index (κ1) is 28.9. The SMILES string of the molecule is CCCNC(=O)[C@H](Cc1ccccc1)N(Cc1ccccc1)C(=O)CN(c1ccc2c(c1)OCCO2)S(C)(=O)=O. The Morgan fingerprint density at radius 3 is 2.15 bits per heavy atom. The number of hydrogen-bond donors (Lipinski definition) is 1. The summed E-state index contributed by atoms with van der Waals surface area (Å²) in [6.07, 6.45) is 2.06. The average molecular weight is 566 g/mol. The highest BCUT2D eigenvalue weighted by molar-refractivity contribution is 7.92. The summed E-state index contributed by atoms with van der Waals surface area (Å²) in [6.45, 7) is 2.80. The van der Waals surface area contributed by atoms with Gasteiger partial charge < -0.3 is 19.7 Å². The van der Waals surface area contributed by atoms with E-state index in [1.165, 1.54) is 4.90 Å². The Morgan fingerprint density at radius 2 is 1.52 bits per heavy atom. The van der Waals surface area contributed by atoms with Gasteiger partial charge in [0.1, 0.15) is 25.8 Å². The van der Waals surface area contributed by atoms with Gasteiger partial charge in [-0.25, -0.2) is 8.42 Å². The molecule has 0 fully saturated rings. The molecule has 0 bridgehead atoms. The molecule has 1 atom stereocenters. The van der Waals surface area contributed by atoms with E-state index < -0.39 is 28.5 Å². The average Bonchev–Trinajstić information content (AvgIpc) is 2.96. The van der Waals surface area contributed by atoms with E-state index in [0.29, 0.717) is 31.3 Å². The van der Waals surface area contributed by atoms with Gasteiger partial charge in [0.15, 0.2) is 11.5 Å². The second-order valence-corrected chi connectivity index (χ2v) is 11.5. The topological polar surface area (TPSA) is 105 Å². The number of amides is 2. The first-order valence-electron chi connectivity index (χ1n) is 13.3. The first-order valence-corrected chi connectivity index (χ1v) is 15.1. The van der Waals surface area contributed by atoms with Gasteiger partial charge in [0, 0.05) is 25.6 Å². The Bertz CT molecular complexity index is 1400. The molecule has 9 nitrogen and oxygen atoms in total. The minimum atomic E-state index is -3.88. The number of carbonyl (C=O) groups excluding carboxylic acids is 2. The number of hydrogen-bond acceptors (Lipinski definition) is 6. The monoisotopic (exact) mass is 565 g/mol. The molecule has 0 aliphatic carbocycles. The van der Waals surface area contributed by atoms with Crippen molar-refractivity contribution in [1.82, 2.24) is 10.2 Å². The van der Waals surface area contributed by atoms with Crippen LogP contribution in [0.25, 0.3) is 0 Å². The van der Waals surface area contributed by atoms with Crippen molar-refractivity contribution >= 4 is 27.5 Å². The first-order chi connectivity index (χ1) is 19.3. The highest BCUT2D eigenvalue weighted by Crippen LogP contribution is 2.34. The molecule has 40 heavy (non-hydrogen) atoms. The molecule has 1 aliphatic heterocycles. The lowest BCUT2D eigenvalue weighted by Crippen LogP contribution is -2.53. The van der Waals surface area contributed by atoms with Gasteiger partial charge in [-0.1, -0.05) is 67.6 Å². The summed E-state index contributed by atoms with van der Waals surface area (Å²) >= 11 is 0. The highest BCUT2D eigenvalue weighted by Gasteiger charge is 2.33. The second kappa shape index (κ2) is 13.3. The lowest BCUT2D eigenvalue weighted by atomic mass is 10.0. The zero-order valence-corrected chi connectivity index (χ0v) is 23.6. The maximum atomic E-state index is 14.1. The maximum Gasteiger partial charge on any atom is 0.244 e. The molecule has 1 heterocycles. The standard InChI is InChI=1S/C30H35N3O6S/c1-3-16-31-30(35)26(19-23-10-6-4-7-11-23)32(21-24-12-8-5-9-13-24)29(34)22-33(40(2,36)37)25-14-15-27-28(20-25)39-18-17-38-27/h4-15,20,26H,3,16-19,21-22H2,1-2H3,(H,31,35)/t26-/m0/s1. The fourth-order valence-corrected chi connectivity index (χ4v) is 5.34. The van der Waals surface area contributed by atoms with Crippen LogP contribution >= 0.6 is 0 Å². The summed E-state index contributed by atoms with van der Waals surface area (Å²) in [5.74, 6) is 0.125. The highest BCUT2D eigenvalue weighted by atomic mass is 32.2. The summed E-state index contributed by atoms with van der Waals surface area (Å²) in [5.41, 5.74) is 1.98. The predicted octanol–water partition coefficient (Wildman–Crippen LogP) is 3.39. The minimum absolute atomic E-state index is 0.134. The molecular weight excluding hydrogens is 530 g/mol. The molecule has 0 aromatic heterocycles. The van der Waals surface area contributed by atoms with E-state index in [4.69, 9.17) is 9.47 Å². The summed E-state index contributed by atoms with van der Waals surface area (Å²) in [7, 11) is -3.88. The third kappa shape index (κ3) is 7.53. The molecule has 3 aromatic rings. The third-order valence-electron chi connectivity index (χ3n) is 6.51. The van der Waals surface area contributed by atoms with E-state index in [2.05, 4.69) is 5.32 Å². The van der Waals surface area contributed by atoms with E-state index in [0.717, 1.165) is 28.1 Å². The van der Waals surface area contributed by atoms with E-state index in [1.54, 1.807) is 18.2 Å². The van der Waals surface area contributed by atoms with Crippen molar-refractivity contribution in [2.45, 2.75) is 32.4 Å². The molecule has 2 amide bonds. The fraction of sp³-hybridized carbons (Fsp3) is 0.333. The number of anilines is 1. The summed E-state index contributed by atoms with van der Waals surface area (Å²) in [4.78, 5) is 29.0. The Kier molecular flexibility index (Phi) is 9.65. The van der Waals surface area contributed by atoms with Crippen molar-refractivity contribution in [3.63, 3.8) is 0 Å². The molecule has 3 aromatic carbocycles.